The van der Waals surface area contributed by atoms with Gasteiger partial charge >= 0.3 is 5.76 Å². The summed E-state index contributed by atoms with van der Waals surface area (Å²) in [7, 11) is 0. The number of aromatic nitrogens is 1. The SMILES string of the molecule is O=C(Cn1c(=O)oc2ccccc21)NC(c1ccccc1)c1cccs1. The lowest BCUT2D eigenvalue weighted by atomic mass is 10.1. The molecule has 1 atom stereocenters. The molecule has 0 aliphatic heterocycles. The summed E-state index contributed by atoms with van der Waals surface area (Å²) in [6, 6.07) is 20.5. The van der Waals surface area contributed by atoms with Gasteiger partial charge in [-0.15, -0.1) is 11.3 Å². The zero-order valence-corrected chi connectivity index (χ0v) is 14.6. The van der Waals surface area contributed by atoms with Gasteiger partial charge in [0, 0.05) is 4.88 Å². The van der Waals surface area contributed by atoms with Gasteiger partial charge in [0.25, 0.3) is 0 Å². The molecule has 6 heteroatoms. The molecule has 26 heavy (non-hydrogen) atoms. The van der Waals surface area contributed by atoms with Crippen molar-refractivity contribution in [1.82, 2.24) is 9.88 Å². The van der Waals surface area contributed by atoms with Crippen molar-refractivity contribution >= 4 is 28.3 Å². The number of para-hydroxylation sites is 2. The summed E-state index contributed by atoms with van der Waals surface area (Å²) in [5.41, 5.74) is 2.08. The van der Waals surface area contributed by atoms with E-state index in [0.717, 1.165) is 10.4 Å². The third-order valence-electron chi connectivity index (χ3n) is 4.14. The molecular formula is C20H16N2O3S. The summed E-state index contributed by atoms with van der Waals surface area (Å²) in [6.45, 7) is -0.0927. The van der Waals surface area contributed by atoms with E-state index in [4.69, 9.17) is 4.42 Å². The fraction of sp³-hybridized carbons (Fsp3) is 0.100. The van der Waals surface area contributed by atoms with E-state index in [1.807, 2.05) is 53.9 Å². The van der Waals surface area contributed by atoms with Gasteiger partial charge in [0.05, 0.1) is 11.6 Å². The van der Waals surface area contributed by atoms with E-state index in [2.05, 4.69) is 5.32 Å². The van der Waals surface area contributed by atoms with Crippen molar-refractivity contribution in [1.29, 1.82) is 0 Å². The van der Waals surface area contributed by atoms with Gasteiger partial charge in [-0.3, -0.25) is 9.36 Å². The van der Waals surface area contributed by atoms with E-state index < -0.39 is 5.76 Å². The molecule has 4 aromatic rings. The minimum absolute atomic E-state index is 0.0927. The highest BCUT2D eigenvalue weighted by atomic mass is 32.1. The van der Waals surface area contributed by atoms with Crippen molar-refractivity contribution in [2.75, 3.05) is 0 Å². The number of oxazole rings is 1. The quantitative estimate of drug-likeness (QED) is 0.589. The van der Waals surface area contributed by atoms with Crippen LogP contribution >= 0.6 is 11.3 Å². The van der Waals surface area contributed by atoms with Crippen molar-refractivity contribution in [3.63, 3.8) is 0 Å². The van der Waals surface area contributed by atoms with E-state index in [1.54, 1.807) is 29.5 Å². The highest BCUT2D eigenvalue weighted by molar-refractivity contribution is 7.10. The topological polar surface area (TPSA) is 64.2 Å². The van der Waals surface area contributed by atoms with E-state index in [1.165, 1.54) is 4.57 Å². The number of carbonyl (C=O) groups excluding carboxylic acids is 1. The van der Waals surface area contributed by atoms with Crippen molar-refractivity contribution < 1.29 is 9.21 Å². The summed E-state index contributed by atoms with van der Waals surface area (Å²) in [5, 5.41) is 5.01. The van der Waals surface area contributed by atoms with Gasteiger partial charge < -0.3 is 9.73 Å². The van der Waals surface area contributed by atoms with Gasteiger partial charge in [0.15, 0.2) is 5.58 Å². The van der Waals surface area contributed by atoms with E-state index >= 15 is 0 Å². The molecule has 130 valence electrons. The molecule has 0 aliphatic carbocycles. The number of amides is 1. The molecule has 2 aromatic carbocycles. The maximum Gasteiger partial charge on any atom is 0.420 e. The van der Waals surface area contributed by atoms with Crippen LogP contribution in [0.15, 0.2) is 81.3 Å². The third kappa shape index (κ3) is 3.19. The predicted octanol–water partition coefficient (Wildman–Crippen LogP) is 3.56. The number of nitrogens with zero attached hydrogens (tertiary/aromatic N) is 1. The van der Waals surface area contributed by atoms with E-state index in [9.17, 15) is 9.59 Å². The Morgan fingerprint density at radius 2 is 1.81 bits per heavy atom. The van der Waals surface area contributed by atoms with Crippen molar-refractivity contribution in [2.45, 2.75) is 12.6 Å². The average molecular weight is 364 g/mol. The third-order valence-corrected chi connectivity index (χ3v) is 5.08. The Morgan fingerprint density at radius 3 is 2.58 bits per heavy atom. The second-order valence-corrected chi connectivity index (χ2v) is 6.83. The van der Waals surface area contributed by atoms with Crippen molar-refractivity contribution in [2.24, 2.45) is 0 Å². The predicted molar refractivity (Wildman–Crippen MR) is 101 cm³/mol. The van der Waals surface area contributed by atoms with Gasteiger partial charge in [-0.05, 0) is 29.1 Å². The Morgan fingerprint density at radius 1 is 1.04 bits per heavy atom. The maximum absolute atomic E-state index is 12.7. The van der Waals surface area contributed by atoms with Crippen LogP contribution in [-0.4, -0.2) is 10.5 Å². The fourth-order valence-corrected chi connectivity index (χ4v) is 3.74. The van der Waals surface area contributed by atoms with Crippen LogP contribution in [0.25, 0.3) is 11.1 Å². The van der Waals surface area contributed by atoms with Crippen LogP contribution in [0.3, 0.4) is 0 Å². The molecular weight excluding hydrogens is 348 g/mol. The zero-order chi connectivity index (χ0) is 17.9. The summed E-state index contributed by atoms with van der Waals surface area (Å²) in [4.78, 5) is 25.8. The van der Waals surface area contributed by atoms with Crippen LogP contribution in [0.5, 0.6) is 0 Å². The molecule has 4 rings (SSSR count). The fourth-order valence-electron chi connectivity index (χ4n) is 2.93. The molecule has 1 unspecified atom stereocenters. The number of thiophene rings is 1. The molecule has 0 bridgehead atoms. The van der Waals surface area contributed by atoms with Gasteiger partial charge in [-0.2, -0.15) is 0 Å². The Hall–Kier alpha value is -3.12. The normalized spacial score (nSPS) is 12.2. The standard InChI is InChI=1S/C20H16N2O3S/c23-18(13-22-15-9-4-5-10-16(15)25-20(22)24)21-19(17-11-6-12-26-17)14-7-2-1-3-8-14/h1-12,19H,13H2,(H,21,23). The van der Waals surface area contributed by atoms with Crippen molar-refractivity contribution in [3.8, 4) is 0 Å². The average Bonchev–Trinajstić information content (AvgIpc) is 3.29. The molecule has 0 radical (unpaired) electrons. The van der Waals surface area contributed by atoms with E-state index in [-0.39, 0.29) is 18.5 Å². The Kier molecular flexibility index (Phi) is 4.41. The first-order valence-corrected chi connectivity index (χ1v) is 9.06. The monoisotopic (exact) mass is 364 g/mol. The second kappa shape index (κ2) is 7.01. The van der Waals surface area contributed by atoms with Crippen LogP contribution < -0.4 is 11.1 Å². The molecule has 5 nitrogen and oxygen atoms in total. The molecule has 0 spiro atoms. The van der Waals surface area contributed by atoms with Crippen LogP contribution in [0.4, 0.5) is 0 Å². The first-order valence-electron chi connectivity index (χ1n) is 8.18. The van der Waals surface area contributed by atoms with Gasteiger partial charge in [-0.25, -0.2) is 4.79 Å². The van der Waals surface area contributed by atoms with E-state index in [0.29, 0.717) is 11.1 Å². The van der Waals surface area contributed by atoms with Crippen LogP contribution in [0.2, 0.25) is 0 Å². The number of hydrogen-bond acceptors (Lipinski definition) is 4. The highest BCUT2D eigenvalue weighted by Gasteiger charge is 2.19. The molecule has 0 saturated heterocycles. The number of carbonyl (C=O) groups is 1. The molecule has 1 N–H and O–H groups in total. The molecule has 0 saturated carbocycles. The zero-order valence-electron chi connectivity index (χ0n) is 13.8. The lowest BCUT2D eigenvalue weighted by molar-refractivity contribution is -0.122. The number of benzene rings is 2. The van der Waals surface area contributed by atoms with Gasteiger partial charge in [0.1, 0.15) is 6.54 Å². The summed E-state index contributed by atoms with van der Waals surface area (Å²) < 4.78 is 6.54. The molecule has 1 amide bonds. The molecule has 0 aliphatic rings. The lowest BCUT2D eigenvalue weighted by Gasteiger charge is -2.18. The molecule has 2 aromatic heterocycles. The minimum Gasteiger partial charge on any atom is -0.408 e. The smallest absolute Gasteiger partial charge is 0.408 e. The summed E-state index contributed by atoms with van der Waals surface area (Å²) in [6.07, 6.45) is 0. The number of rotatable bonds is 5. The second-order valence-electron chi connectivity index (χ2n) is 5.85. The Labute approximate surface area is 153 Å². The number of fused-ring (bicyclic) bond motifs is 1. The minimum atomic E-state index is -0.534. The molecule has 2 heterocycles. The lowest BCUT2D eigenvalue weighted by Crippen LogP contribution is -2.33. The maximum atomic E-state index is 12.7. The largest absolute Gasteiger partial charge is 0.420 e. The summed E-state index contributed by atoms with van der Waals surface area (Å²) >= 11 is 1.58. The van der Waals surface area contributed by atoms with Crippen LogP contribution in [-0.2, 0) is 11.3 Å². The Bertz CT molecular complexity index is 1080. The first kappa shape index (κ1) is 16.4. The molecule has 0 fully saturated rings. The Balaban J connectivity index is 1.61. The van der Waals surface area contributed by atoms with Crippen LogP contribution in [0.1, 0.15) is 16.5 Å². The number of nitrogens with one attached hydrogen (secondary N) is 1. The van der Waals surface area contributed by atoms with Crippen LogP contribution in [0, 0.1) is 0 Å². The first-order chi connectivity index (χ1) is 12.7. The highest BCUT2D eigenvalue weighted by Crippen LogP contribution is 2.26. The summed E-state index contributed by atoms with van der Waals surface area (Å²) in [5.74, 6) is -0.783. The van der Waals surface area contributed by atoms with Crippen molar-refractivity contribution in [3.05, 3.63) is 93.1 Å². The number of hydrogen-bond donors (Lipinski definition) is 1. The van der Waals surface area contributed by atoms with Gasteiger partial charge in [0.2, 0.25) is 5.91 Å². The van der Waals surface area contributed by atoms with Gasteiger partial charge in [-0.1, -0.05) is 48.5 Å².